The third kappa shape index (κ3) is 6.38. The lowest BCUT2D eigenvalue weighted by molar-refractivity contribution is -0.139. The van der Waals surface area contributed by atoms with Gasteiger partial charge in [0.25, 0.3) is 0 Å². The van der Waals surface area contributed by atoms with Gasteiger partial charge in [-0.05, 0) is 64.1 Å². The van der Waals surface area contributed by atoms with Crippen molar-refractivity contribution >= 4 is 23.5 Å². The molecule has 0 N–H and O–H groups in total. The number of aromatic nitrogens is 3. The molecule has 0 atom stereocenters. The molecule has 3 aromatic rings. The molecule has 0 bridgehead atoms. The Labute approximate surface area is 194 Å². The van der Waals surface area contributed by atoms with Crippen molar-refractivity contribution in [1.29, 1.82) is 0 Å². The van der Waals surface area contributed by atoms with Crippen molar-refractivity contribution in [3.63, 3.8) is 0 Å². The van der Waals surface area contributed by atoms with Gasteiger partial charge < -0.3 is 14.0 Å². The normalized spacial score (nSPS) is 11.0. The molecule has 0 aliphatic rings. The molecule has 1 aromatic carbocycles. The maximum absolute atomic E-state index is 12.7. The Morgan fingerprint density at radius 3 is 2.27 bits per heavy atom. The maximum atomic E-state index is 12.7. The largest absolute Gasteiger partial charge is 0.457 e. The van der Waals surface area contributed by atoms with Crippen molar-refractivity contribution < 1.29 is 27.8 Å². The molecule has 0 aliphatic carbocycles. The van der Waals surface area contributed by atoms with Crippen LogP contribution in [0.1, 0.15) is 33.1 Å². The van der Waals surface area contributed by atoms with Crippen molar-refractivity contribution in [2.24, 2.45) is 0 Å². The van der Waals surface area contributed by atoms with E-state index in [0.29, 0.717) is 22.1 Å². The number of hydrogen-bond donors (Lipinski definition) is 0. The zero-order valence-electron chi connectivity index (χ0n) is 18.6. The summed E-state index contributed by atoms with van der Waals surface area (Å²) in [6.07, 6.45) is 0. The van der Waals surface area contributed by atoms with E-state index >= 15 is 0 Å². The quantitative estimate of drug-likeness (QED) is 0.193. The molecule has 0 unspecified atom stereocenters. The second-order valence-electron chi connectivity index (χ2n) is 7.30. The zero-order valence-corrected chi connectivity index (χ0v) is 19.4. The fourth-order valence-corrected chi connectivity index (χ4v) is 4.11. The Bertz CT molecular complexity index is 1140. The van der Waals surface area contributed by atoms with Gasteiger partial charge in [0, 0.05) is 34.0 Å². The predicted molar refractivity (Wildman–Crippen MR) is 119 cm³/mol. The first-order valence-corrected chi connectivity index (χ1v) is 11.0. The Hall–Kier alpha value is -3.27. The molecule has 33 heavy (non-hydrogen) atoms. The molecule has 0 fully saturated rings. The van der Waals surface area contributed by atoms with Gasteiger partial charge in [-0.25, -0.2) is 9.97 Å². The van der Waals surface area contributed by atoms with Gasteiger partial charge in [0.15, 0.2) is 11.8 Å². The first kappa shape index (κ1) is 24.4. The number of esters is 1. The molecule has 10 heteroatoms. The molecule has 0 spiro atoms. The van der Waals surface area contributed by atoms with Gasteiger partial charge in [0.2, 0.25) is 5.78 Å². The van der Waals surface area contributed by atoms with Crippen molar-refractivity contribution in [1.82, 2.24) is 14.5 Å². The zero-order chi connectivity index (χ0) is 24.1. The lowest BCUT2D eigenvalue weighted by Gasteiger charge is -2.11. The molecule has 0 saturated heterocycles. The molecule has 2 aromatic heterocycles. The van der Waals surface area contributed by atoms with Crippen LogP contribution in [0.15, 0.2) is 41.6 Å². The molecule has 0 radical (unpaired) electrons. The van der Waals surface area contributed by atoms with E-state index in [1.165, 1.54) is 12.1 Å². The molecule has 2 heterocycles. The standard InChI is InChI=1S/C23H23F2N3O4S/c1-13-9-14(2)27-23(26-13)33-12-21(30)31-11-20(29)19-10-15(3)28(16(19)4)17-5-7-18(8-6-17)32-22(24)25/h5-10,22H,11-12H2,1-4H3. The Morgan fingerprint density at radius 1 is 1.03 bits per heavy atom. The summed E-state index contributed by atoms with van der Waals surface area (Å²) in [5, 5.41) is 0.476. The van der Waals surface area contributed by atoms with Gasteiger partial charge in [-0.15, -0.1) is 0 Å². The van der Waals surface area contributed by atoms with Crippen LogP contribution in [0.3, 0.4) is 0 Å². The fourth-order valence-electron chi connectivity index (χ4n) is 3.37. The van der Waals surface area contributed by atoms with Gasteiger partial charge in [-0.1, -0.05) is 11.8 Å². The number of ketones is 1. The first-order valence-electron chi connectivity index (χ1n) is 10.0. The molecular weight excluding hydrogens is 452 g/mol. The summed E-state index contributed by atoms with van der Waals surface area (Å²) in [7, 11) is 0. The van der Waals surface area contributed by atoms with E-state index in [0.717, 1.165) is 28.8 Å². The van der Waals surface area contributed by atoms with Crippen LogP contribution in [0.2, 0.25) is 0 Å². The van der Waals surface area contributed by atoms with Gasteiger partial charge in [0.1, 0.15) is 5.75 Å². The average Bonchev–Trinajstić information content (AvgIpc) is 3.04. The number of nitrogens with zero attached hydrogens (tertiary/aromatic N) is 3. The lowest BCUT2D eigenvalue weighted by Crippen LogP contribution is -2.16. The number of rotatable bonds is 9. The number of alkyl halides is 2. The number of hydrogen-bond acceptors (Lipinski definition) is 7. The Balaban J connectivity index is 1.61. The summed E-state index contributed by atoms with van der Waals surface area (Å²) in [6.45, 7) is 3.98. The number of aryl methyl sites for hydroxylation is 3. The van der Waals surface area contributed by atoms with Gasteiger partial charge >= 0.3 is 12.6 Å². The second kappa shape index (κ2) is 10.6. The molecular formula is C23H23F2N3O4S. The number of benzene rings is 1. The summed E-state index contributed by atoms with van der Waals surface area (Å²) >= 11 is 1.15. The lowest BCUT2D eigenvalue weighted by atomic mass is 10.1. The van der Waals surface area contributed by atoms with Crippen LogP contribution in [-0.2, 0) is 9.53 Å². The minimum absolute atomic E-state index is 0.0117. The molecule has 7 nitrogen and oxygen atoms in total. The highest BCUT2D eigenvalue weighted by Crippen LogP contribution is 2.24. The molecule has 0 amide bonds. The van der Waals surface area contributed by atoms with Crippen molar-refractivity contribution in [3.05, 3.63) is 64.7 Å². The van der Waals surface area contributed by atoms with E-state index < -0.39 is 19.2 Å². The van der Waals surface area contributed by atoms with Crippen molar-refractivity contribution in [2.45, 2.75) is 39.5 Å². The number of Topliss-reactive ketones (excluding diaryl/α,β-unsaturated/α-hetero) is 1. The van der Waals surface area contributed by atoms with Crippen LogP contribution in [0.25, 0.3) is 5.69 Å². The van der Waals surface area contributed by atoms with Crippen LogP contribution in [0.5, 0.6) is 5.75 Å². The van der Waals surface area contributed by atoms with Crippen LogP contribution < -0.4 is 4.74 Å². The van der Waals surface area contributed by atoms with E-state index in [9.17, 15) is 18.4 Å². The van der Waals surface area contributed by atoms with Crippen LogP contribution >= 0.6 is 11.8 Å². The molecule has 0 aliphatic heterocycles. The van der Waals surface area contributed by atoms with E-state index in [1.54, 1.807) is 25.1 Å². The number of halogens is 2. The number of thioether (sulfide) groups is 1. The smallest absolute Gasteiger partial charge is 0.387 e. The fraction of sp³-hybridized carbons (Fsp3) is 0.304. The Kier molecular flexibility index (Phi) is 7.80. The molecule has 174 valence electrons. The summed E-state index contributed by atoms with van der Waals surface area (Å²) < 4.78 is 36.0. The monoisotopic (exact) mass is 475 g/mol. The van der Waals surface area contributed by atoms with E-state index in [1.807, 2.05) is 31.4 Å². The minimum Gasteiger partial charge on any atom is -0.457 e. The van der Waals surface area contributed by atoms with E-state index in [4.69, 9.17) is 4.74 Å². The van der Waals surface area contributed by atoms with Crippen LogP contribution in [0, 0.1) is 27.7 Å². The van der Waals surface area contributed by atoms with Crippen molar-refractivity contribution in [2.75, 3.05) is 12.4 Å². The molecule has 0 saturated carbocycles. The second-order valence-corrected chi connectivity index (χ2v) is 8.24. The van der Waals surface area contributed by atoms with Crippen LogP contribution in [-0.4, -0.2) is 45.3 Å². The molecule has 3 rings (SSSR count). The average molecular weight is 476 g/mol. The minimum atomic E-state index is -2.90. The maximum Gasteiger partial charge on any atom is 0.387 e. The number of carbonyl (C=O) groups excluding carboxylic acids is 2. The highest BCUT2D eigenvalue weighted by molar-refractivity contribution is 7.99. The Morgan fingerprint density at radius 2 is 1.67 bits per heavy atom. The highest BCUT2D eigenvalue weighted by Gasteiger charge is 2.19. The third-order valence-electron chi connectivity index (χ3n) is 4.70. The highest BCUT2D eigenvalue weighted by atomic mass is 32.2. The van der Waals surface area contributed by atoms with Gasteiger partial charge in [0.05, 0.1) is 5.75 Å². The SMILES string of the molecule is Cc1cc(C)nc(SCC(=O)OCC(=O)c2cc(C)n(-c3ccc(OC(F)F)cc3)c2C)n1. The summed E-state index contributed by atoms with van der Waals surface area (Å²) in [6, 6.07) is 9.65. The third-order valence-corrected chi connectivity index (χ3v) is 5.52. The summed E-state index contributed by atoms with van der Waals surface area (Å²) in [5.41, 5.74) is 4.13. The summed E-state index contributed by atoms with van der Waals surface area (Å²) in [4.78, 5) is 33.3. The topological polar surface area (TPSA) is 83.3 Å². The number of ether oxygens (including phenoxy) is 2. The van der Waals surface area contributed by atoms with Gasteiger partial charge in [-0.3, -0.25) is 9.59 Å². The van der Waals surface area contributed by atoms with E-state index in [-0.39, 0.29) is 17.3 Å². The van der Waals surface area contributed by atoms with E-state index in [2.05, 4.69) is 14.7 Å². The van der Waals surface area contributed by atoms with Gasteiger partial charge in [-0.2, -0.15) is 8.78 Å². The number of carbonyl (C=O) groups is 2. The predicted octanol–water partition coefficient (Wildman–Crippen LogP) is 4.62. The van der Waals surface area contributed by atoms with Crippen molar-refractivity contribution in [3.8, 4) is 11.4 Å². The van der Waals surface area contributed by atoms with Crippen LogP contribution in [0.4, 0.5) is 8.78 Å². The first-order chi connectivity index (χ1) is 15.6. The summed E-state index contributed by atoms with van der Waals surface area (Å²) in [5.74, 6) is -0.849.